The third-order valence-corrected chi connectivity index (χ3v) is 11.1. The van der Waals surface area contributed by atoms with E-state index >= 15 is 0 Å². The van der Waals surface area contributed by atoms with Crippen LogP contribution in [0.4, 0.5) is 11.4 Å². The topological polar surface area (TPSA) is 177 Å². The second kappa shape index (κ2) is 14.8. The zero-order valence-corrected chi connectivity index (χ0v) is 28.4. The lowest BCUT2D eigenvalue weighted by Crippen LogP contribution is -2.37. The van der Waals surface area contributed by atoms with E-state index < -0.39 is 45.1 Å². The standard InChI is InChI=1S/C35H32N2O11S2/c1-46-28-10-14-30(15-11-28)49(42,43)36(21-34(38)39)27-9-18-32(33(20-27)48-23-24-7-8-25-5-3-4-6-26(25)19-24)37(22-35(40)41)50(44,45)31-16-12-29(47-2)13-17-31/h3-20H,21-23H2,1-2H3,(H,38,39)(H,40,41). The zero-order valence-electron chi connectivity index (χ0n) is 26.8. The van der Waals surface area contributed by atoms with Gasteiger partial charge in [-0.05, 0) is 83.1 Å². The minimum absolute atomic E-state index is 0.144. The number of hydrogen-bond donors (Lipinski definition) is 2. The van der Waals surface area contributed by atoms with E-state index in [-0.39, 0.29) is 33.5 Å². The molecule has 0 bridgehead atoms. The molecule has 260 valence electrons. The molecule has 15 heteroatoms. The van der Waals surface area contributed by atoms with Gasteiger partial charge in [-0.1, -0.05) is 36.4 Å². The molecule has 0 saturated heterocycles. The Morgan fingerprint density at radius 1 is 0.620 bits per heavy atom. The number of ether oxygens (including phenoxy) is 3. The Bertz CT molecular complexity index is 2240. The predicted molar refractivity (Wildman–Crippen MR) is 185 cm³/mol. The van der Waals surface area contributed by atoms with E-state index in [4.69, 9.17) is 14.2 Å². The molecule has 0 amide bonds. The molecule has 5 rings (SSSR count). The summed E-state index contributed by atoms with van der Waals surface area (Å²) in [6.45, 7) is -2.17. The van der Waals surface area contributed by atoms with Crippen LogP contribution in [0.3, 0.4) is 0 Å². The molecule has 0 aliphatic rings. The Morgan fingerprint density at radius 3 is 1.68 bits per heavy atom. The first-order valence-electron chi connectivity index (χ1n) is 14.8. The quantitative estimate of drug-likeness (QED) is 0.149. The maximum atomic E-state index is 14.0. The van der Waals surface area contributed by atoms with Gasteiger partial charge in [-0.2, -0.15) is 0 Å². The number of rotatable bonds is 15. The third kappa shape index (κ3) is 7.74. The summed E-state index contributed by atoms with van der Waals surface area (Å²) in [5, 5.41) is 21.4. The van der Waals surface area contributed by atoms with Crippen LogP contribution in [0.2, 0.25) is 0 Å². The van der Waals surface area contributed by atoms with Crippen molar-refractivity contribution in [2.24, 2.45) is 0 Å². The molecule has 50 heavy (non-hydrogen) atoms. The van der Waals surface area contributed by atoms with E-state index in [2.05, 4.69) is 0 Å². The zero-order chi connectivity index (χ0) is 36.1. The highest BCUT2D eigenvalue weighted by molar-refractivity contribution is 7.93. The van der Waals surface area contributed by atoms with Crippen molar-refractivity contribution in [2.75, 3.05) is 35.9 Å². The van der Waals surface area contributed by atoms with Crippen LogP contribution in [0.5, 0.6) is 17.2 Å². The van der Waals surface area contributed by atoms with Crippen molar-refractivity contribution >= 4 is 54.1 Å². The first-order chi connectivity index (χ1) is 23.8. The average molecular weight is 721 g/mol. The van der Waals surface area contributed by atoms with Gasteiger partial charge in [-0.25, -0.2) is 16.8 Å². The number of anilines is 2. The Balaban J connectivity index is 1.65. The van der Waals surface area contributed by atoms with Gasteiger partial charge in [0.2, 0.25) is 0 Å². The minimum atomic E-state index is -4.56. The highest BCUT2D eigenvalue weighted by atomic mass is 32.2. The third-order valence-electron chi connectivity index (χ3n) is 7.56. The largest absolute Gasteiger partial charge is 0.497 e. The molecule has 5 aromatic carbocycles. The first-order valence-corrected chi connectivity index (χ1v) is 17.7. The summed E-state index contributed by atoms with van der Waals surface area (Å²) in [6, 6.07) is 27.2. The molecule has 0 aromatic heterocycles. The van der Waals surface area contributed by atoms with E-state index in [0.717, 1.165) is 10.8 Å². The molecule has 0 radical (unpaired) electrons. The number of aliphatic carboxylic acids is 2. The van der Waals surface area contributed by atoms with Gasteiger partial charge in [0, 0.05) is 6.07 Å². The van der Waals surface area contributed by atoms with Crippen molar-refractivity contribution in [1.82, 2.24) is 0 Å². The summed E-state index contributed by atoms with van der Waals surface area (Å²) in [4.78, 5) is 23.6. The summed E-state index contributed by atoms with van der Waals surface area (Å²) in [5.74, 6) is -2.44. The molecule has 0 saturated carbocycles. The second-order valence-electron chi connectivity index (χ2n) is 10.8. The predicted octanol–water partition coefficient (Wildman–Crippen LogP) is 5.00. The average Bonchev–Trinajstić information content (AvgIpc) is 3.11. The van der Waals surface area contributed by atoms with Crippen molar-refractivity contribution in [3.05, 3.63) is 115 Å². The molecule has 0 fully saturated rings. The van der Waals surface area contributed by atoms with Crippen molar-refractivity contribution < 1.29 is 50.8 Å². The van der Waals surface area contributed by atoms with Gasteiger partial charge in [-0.3, -0.25) is 18.2 Å². The van der Waals surface area contributed by atoms with Gasteiger partial charge in [0.1, 0.15) is 36.9 Å². The molecule has 2 N–H and O–H groups in total. The van der Waals surface area contributed by atoms with Gasteiger partial charge < -0.3 is 24.4 Å². The van der Waals surface area contributed by atoms with Crippen molar-refractivity contribution in [2.45, 2.75) is 16.4 Å². The van der Waals surface area contributed by atoms with Crippen molar-refractivity contribution in [1.29, 1.82) is 0 Å². The molecular weight excluding hydrogens is 689 g/mol. The smallest absolute Gasteiger partial charge is 0.324 e. The maximum Gasteiger partial charge on any atom is 0.324 e. The number of nitrogens with zero attached hydrogens (tertiary/aromatic N) is 2. The number of carboxylic acids is 2. The molecule has 0 spiro atoms. The van der Waals surface area contributed by atoms with Crippen LogP contribution in [0.25, 0.3) is 10.8 Å². The van der Waals surface area contributed by atoms with Crippen molar-refractivity contribution in [3.63, 3.8) is 0 Å². The molecule has 13 nitrogen and oxygen atoms in total. The summed E-state index contributed by atoms with van der Waals surface area (Å²) < 4.78 is 73.2. The van der Waals surface area contributed by atoms with Gasteiger partial charge >= 0.3 is 11.9 Å². The molecule has 0 aliphatic carbocycles. The molecule has 0 aliphatic heterocycles. The molecule has 0 heterocycles. The highest BCUT2D eigenvalue weighted by Gasteiger charge is 2.32. The summed E-state index contributed by atoms with van der Waals surface area (Å²) in [5.41, 5.74) is 0.249. The molecular formula is C35H32N2O11S2. The number of carbonyl (C=O) groups is 2. The summed E-state index contributed by atoms with van der Waals surface area (Å²) >= 11 is 0. The second-order valence-corrected chi connectivity index (χ2v) is 14.5. The SMILES string of the molecule is COc1ccc(S(=O)(=O)N(CC(=O)O)c2ccc(N(CC(=O)O)S(=O)(=O)c3ccc(OC)cc3)c(OCc3ccc4ccccc4c3)c2)cc1. The van der Waals surface area contributed by atoms with E-state index in [1.165, 1.54) is 80.9 Å². The van der Waals surface area contributed by atoms with E-state index in [9.17, 15) is 36.6 Å². The van der Waals surface area contributed by atoms with E-state index in [0.29, 0.717) is 25.7 Å². The van der Waals surface area contributed by atoms with Crippen LogP contribution in [-0.2, 0) is 36.2 Å². The van der Waals surface area contributed by atoms with Crippen LogP contribution in [-0.4, -0.2) is 66.3 Å². The van der Waals surface area contributed by atoms with Gasteiger partial charge in [0.05, 0.1) is 35.4 Å². The lowest BCUT2D eigenvalue weighted by atomic mass is 10.1. The fourth-order valence-corrected chi connectivity index (χ4v) is 7.91. The number of methoxy groups -OCH3 is 2. The normalized spacial score (nSPS) is 11.5. The Labute approximate surface area is 288 Å². The molecule has 5 aromatic rings. The van der Waals surface area contributed by atoms with E-state index in [1.807, 2.05) is 36.4 Å². The van der Waals surface area contributed by atoms with Gasteiger partial charge in [-0.15, -0.1) is 0 Å². The van der Waals surface area contributed by atoms with Gasteiger partial charge in [0.15, 0.2) is 0 Å². The fourth-order valence-electron chi connectivity index (χ4n) is 5.08. The summed E-state index contributed by atoms with van der Waals surface area (Å²) in [7, 11) is -6.26. The van der Waals surface area contributed by atoms with Crippen LogP contribution in [0.1, 0.15) is 5.56 Å². The number of benzene rings is 5. The minimum Gasteiger partial charge on any atom is -0.497 e. The maximum absolute atomic E-state index is 14.0. The Morgan fingerprint density at radius 2 is 1.14 bits per heavy atom. The van der Waals surface area contributed by atoms with Crippen LogP contribution >= 0.6 is 0 Å². The number of hydrogen-bond acceptors (Lipinski definition) is 9. The Kier molecular flexibility index (Phi) is 10.5. The van der Waals surface area contributed by atoms with Crippen LogP contribution < -0.4 is 22.8 Å². The molecule has 0 unspecified atom stereocenters. The van der Waals surface area contributed by atoms with E-state index in [1.54, 1.807) is 6.07 Å². The Hall–Kier alpha value is -5.80. The highest BCUT2D eigenvalue weighted by Crippen LogP contribution is 2.38. The molecule has 0 atom stereocenters. The van der Waals surface area contributed by atoms with Gasteiger partial charge in [0.25, 0.3) is 20.0 Å². The number of sulfonamides is 2. The monoisotopic (exact) mass is 720 g/mol. The summed E-state index contributed by atoms with van der Waals surface area (Å²) in [6.07, 6.45) is 0. The number of carboxylic acid groups (broad SMARTS) is 2. The van der Waals surface area contributed by atoms with Crippen LogP contribution in [0, 0.1) is 0 Å². The van der Waals surface area contributed by atoms with Crippen LogP contribution in [0.15, 0.2) is 119 Å². The fraction of sp³-hybridized carbons (Fsp3) is 0.143. The first kappa shape index (κ1) is 35.5. The lowest BCUT2D eigenvalue weighted by molar-refractivity contribution is -0.136. The van der Waals surface area contributed by atoms with Crippen molar-refractivity contribution in [3.8, 4) is 17.2 Å². The lowest BCUT2D eigenvalue weighted by Gasteiger charge is -2.28. The number of fused-ring (bicyclic) bond motifs is 1.